The molecular formula is C30H69P4Pt2+5. The van der Waals surface area contributed by atoms with Gasteiger partial charge in [-0.25, -0.2) is 0 Å². The van der Waals surface area contributed by atoms with Crippen molar-refractivity contribution in [2.24, 2.45) is 0 Å². The molecule has 0 unspecified atom stereocenters. The van der Waals surface area contributed by atoms with Gasteiger partial charge in [0.25, 0.3) is 0 Å². The Morgan fingerprint density at radius 1 is 0.361 bits per heavy atom. The molecule has 0 saturated carbocycles. The van der Waals surface area contributed by atoms with Gasteiger partial charge < -0.3 is 0 Å². The fraction of sp³-hybridized carbons (Fsp3) is 0.800. The van der Waals surface area contributed by atoms with Gasteiger partial charge in [-0.3, -0.25) is 0 Å². The fourth-order valence-electron chi connectivity index (χ4n) is 3.34. The van der Waals surface area contributed by atoms with Crippen molar-refractivity contribution in [2.75, 3.05) is 73.9 Å². The summed E-state index contributed by atoms with van der Waals surface area (Å²) in [5.74, 6) is 0. The molecule has 0 radical (unpaired) electrons. The fourth-order valence-corrected chi connectivity index (χ4v) is 9.34. The molecule has 1 rings (SSSR count). The Labute approximate surface area is 265 Å². The molecule has 0 aliphatic heterocycles. The second kappa shape index (κ2) is 47.1. The van der Waals surface area contributed by atoms with E-state index in [-0.39, 0.29) is 73.8 Å². The normalized spacial score (nSPS) is 9.33. The van der Waals surface area contributed by atoms with Crippen molar-refractivity contribution >= 4 is 31.7 Å². The van der Waals surface area contributed by atoms with Gasteiger partial charge >= 0.3 is 21.1 Å². The Kier molecular flexibility index (Phi) is 66.9. The van der Waals surface area contributed by atoms with Crippen LogP contribution >= 0.6 is 31.7 Å². The minimum Gasteiger partial charge on any atom is -0.184 e. The zero-order valence-electron chi connectivity index (χ0n) is 26.5. The molecule has 36 heavy (non-hydrogen) atoms. The van der Waals surface area contributed by atoms with Crippen molar-refractivity contribution in [3.8, 4) is 0 Å². The van der Waals surface area contributed by atoms with Crippen LogP contribution in [-0.2, 0) is 42.1 Å². The molecule has 0 N–H and O–H groups in total. The molecule has 0 bridgehead atoms. The predicted molar refractivity (Wildman–Crippen MR) is 185 cm³/mol. The molecule has 224 valence electrons. The topological polar surface area (TPSA) is 0 Å². The average molecular weight is 944 g/mol. The molecule has 0 aliphatic rings. The van der Waals surface area contributed by atoms with Crippen LogP contribution in [0.3, 0.4) is 0 Å². The van der Waals surface area contributed by atoms with Crippen LogP contribution in [-0.4, -0.2) is 73.9 Å². The second-order valence-corrected chi connectivity index (χ2v) is 22.8. The third-order valence-electron chi connectivity index (χ3n) is 6.61. The van der Waals surface area contributed by atoms with Crippen molar-refractivity contribution < 1.29 is 42.1 Å². The van der Waals surface area contributed by atoms with Gasteiger partial charge in [0, 0.05) is 21.1 Å². The summed E-state index contributed by atoms with van der Waals surface area (Å²) in [6, 6.07) is 12.5. The van der Waals surface area contributed by atoms with E-state index in [0.29, 0.717) is 0 Å². The minimum atomic E-state index is 0. The van der Waals surface area contributed by atoms with Gasteiger partial charge in [0.05, 0.1) is 73.9 Å². The summed E-state index contributed by atoms with van der Waals surface area (Å²) in [5.41, 5.74) is 0. The molecule has 0 spiro atoms. The molecule has 0 amide bonds. The maximum atomic E-state index is 2.89. The van der Waals surface area contributed by atoms with Crippen molar-refractivity contribution in [1.82, 2.24) is 0 Å². The Bertz CT molecular complexity index is 312. The number of benzene rings is 1. The van der Waals surface area contributed by atoms with Gasteiger partial charge in [-0.2, -0.15) is 36.4 Å². The van der Waals surface area contributed by atoms with Gasteiger partial charge in [0.2, 0.25) is 0 Å². The summed E-state index contributed by atoms with van der Waals surface area (Å²) in [6.45, 7) is 27.7. The zero-order valence-corrected chi connectivity index (χ0v) is 35.0. The summed E-state index contributed by atoms with van der Waals surface area (Å²) < 4.78 is 0. The van der Waals surface area contributed by atoms with E-state index in [1.54, 1.807) is 0 Å². The first-order valence-corrected chi connectivity index (χ1v) is 23.1. The van der Waals surface area contributed by atoms with Crippen molar-refractivity contribution in [2.45, 2.75) is 83.1 Å². The van der Waals surface area contributed by atoms with Crippen LogP contribution in [0, 0.1) is 6.07 Å². The standard InChI is InChI=1S/4C6H15P.C6H5.2Pt/c4*1-4-7(5-2)6-3;1-2-4-6-5-3-1;;/h4*4-6H2,1-3H3;1-5H;;/q;;;;-1;;+2/p+4. The summed E-state index contributed by atoms with van der Waals surface area (Å²) in [6.07, 6.45) is 17.5. The van der Waals surface area contributed by atoms with Crippen molar-refractivity contribution in [3.05, 3.63) is 36.4 Å². The molecule has 0 fully saturated rings. The number of hydrogen-bond acceptors (Lipinski definition) is 0. The van der Waals surface area contributed by atoms with E-state index in [2.05, 4.69) is 89.2 Å². The molecule has 0 aliphatic carbocycles. The quantitative estimate of drug-likeness (QED) is 0.145. The maximum absolute atomic E-state index is 2.89. The van der Waals surface area contributed by atoms with E-state index in [4.69, 9.17) is 0 Å². The van der Waals surface area contributed by atoms with E-state index in [1.165, 1.54) is 73.9 Å². The Balaban J connectivity index is -0.0000000771. The first-order valence-electron chi connectivity index (χ1n) is 14.6. The first kappa shape index (κ1) is 51.1. The van der Waals surface area contributed by atoms with Crippen LogP contribution in [0.2, 0.25) is 0 Å². The monoisotopic (exact) mass is 943 g/mol. The van der Waals surface area contributed by atoms with E-state index in [1.807, 2.05) is 30.3 Å². The van der Waals surface area contributed by atoms with E-state index in [0.717, 1.165) is 0 Å². The second-order valence-electron chi connectivity index (χ2n) is 8.32. The molecule has 0 saturated heterocycles. The molecule has 0 atom stereocenters. The zero-order chi connectivity index (χ0) is 27.0. The van der Waals surface area contributed by atoms with Crippen LogP contribution in [0.4, 0.5) is 0 Å². The molecule has 1 aromatic rings. The maximum Gasteiger partial charge on any atom is 2.00 e. The largest absolute Gasteiger partial charge is 2.00 e. The van der Waals surface area contributed by atoms with Crippen LogP contribution < -0.4 is 0 Å². The minimum absolute atomic E-state index is 0. The Morgan fingerprint density at radius 2 is 0.528 bits per heavy atom. The number of hydrogen-bond donors (Lipinski definition) is 0. The van der Waals surface area contributed by atoms with Gasteiger partial charge in [-0.05, 0) is 115 Å². The molecule has 0 nitrogen and oxygen atoms in total. The van der Waals surface area contributed by atoms with E-state index >= 15 is 0 Å². The van der Waals surface area contributed by atoms with Gasteiger partial charge in [0.1, 0.15) is 0 Å². The van der Waals surface area contributed by atoms with Crippen LogP contribution in [0.5, 0.6) is 0 Å². The summed E-state index contributed by atoms with van der Waals surface area (Å²) in [4.78, 5) is 0. The van der Waals surface area contributed by atoms with Gasteiger partial charge in [0.15, 0.2) is 0 Å². The molecule has 1 aromatic carbocycles. The van der Waals surface area contributed by atoms with Crippen LogP contribution in [0.15, 0.2) is 30.3 Å². The number of rotatable bonds is 12. The SMILES string of the molecule is CC[PH+](CC)CC.CC[PH+](CC)CC.CC[PH+](CC)CC.CC[PH+](CC)CC.[Pt+2].[Pt].[c-]1ccccc1. The predicted octanol–water partition coefficient (Wildman–Crippen LogP) is 10.5. The summed E-state index contributed by atoms with van der Waals surface area (Å²) in [7, 11) is 0.549. The van der Waals surface area contributed by atoms with E-state index in [9.17, 15) is 0 Å². The molecule has 0 aromatic heterocycles. The van der Waals surface area contributed by atoms with Crippen LogP contribution in [0.25, 0.3) is 0 Å². The molecule has 6 heteroatoms. The average Bonchev–Trinajstić information content (AvgIpc) is 2.91. The molecular weight excluding hydrogens is 874 g/mol. The third kappa shape index (κ3) is 43.4. The molecule has 0 heterocycles. The Morgan fingerprint density at radius 3 is 0.556 bits per heavy atom. The first-order chi connectivity index (χ1) is 16.4. The van der Waals surface area contributed by atoms with E-state index < -0.39 is 0 Å². The Hall–Kier alpha value is 2.32. The van der Waals surface area contributed by atoms with Crippen molar-refractivity contribution in [1.29, 1.82) is 0 Å². The summed E-state index contributed by atoms with van der Waals surface area (Å²) in [5, 5.41) is 0. The van der Waals surface area contributed by atoms with Gasteiger partial charge in [-0.15, -0.1) is 0 Å². The smallest absolute Gasteiger partial charge is 0.184 e. The third-order valence-corrected chi connectivity index (χ3v) is 18.6. The van der Waals surface area contributed by atoms with Crippen LogP contribution in [0.1, 0.15) is 83.1 Å². The van der Waals surface area contributed by atoms with Crippen molar-refractivity contribution in [3.63, 3.8) is 0 Å². The summed E-state index contributed by atoms with van der Waals surface area (Å²) >= 11 is 0. The van der Waals surface area contributed by atoms with Gasteiger partial charge in [-0.1, -0.05) is 0 Å².